The van der Waals surface area contributed by atoms with Gasteiger partial charge in [-0.3, -0.25) is 4.79 Å². The van der Waals surface area contributed by atoms with Crippen LogP contribution in [0.1, 0.15) is 51.4 Å². The summed E-state index contributed by atoms with van der Waals surface area (Å²) in [5.41, 5.74) is 0. The van der Waals surface area contributed by atoms with Crippen molar-refractivity contribution in [1.82, 2.24) is 0 Å². The molecule has 3 nitrogen and oxygen atoms in total. The van der Waals surface area contributed by atoms with Gasteiger partial charge in [-0.1, -0.05) is 36.5 Å². The number of carboxylic acids is 1. The van der Waals surface area contributed by atoms with E-state index in [1.807, 2.05) is 0 Å². The quantitative estimate of drug-likeness (QED) is 0.416. The van der Waals surface area contributed by atoms with Crippen LogP contribution in [0, 0.1) is 0 Å². The molecule has 19 heavy (non-hydrogen) atoms. The molecule has 0 fully saturated rings. The SMILES string of the molecule is O=C(O)CCCCC=CCC=CCC=CCCCO. The van der Waals surface area contributed by atoms with Gasteiger partial charge in [-0.15, -0.1) is 0 Å². The van der Waals surface area contributed by atoms with E-state index < -0.39 is 5.97 Å². The fraction of sp³-hybridized carbons (Fsp3) is 0.562. The van der Waals surface area contributed by atoms with Crippen LogP contribution in [-0.2, 0) is 4.79 Å². The Labute approximate surface area is 116 Å². The number of carboxylic acid groups (broad SMARTS) is 1. The summed E-state index contributed by atoms with van der Waals surface area (Å²) in [6.45, 7) is 0.261. The van der Waals surface area contributed by atoms with E-state index in [2.05, 4.69) is 36.5 Å². The molecule has 0 heterocycles. The molecule has 0 amide bonds. The van der Waals surface area contributed by atoms with Crippen LogP contribution in [0.25, 0.3) is 0 Å². The maximum Gasteiger partial charge on any atom is 0.303 e. The Morgan fingerprint density at radius 2 is 1.32 bits per heavy atom. The van der Waals surface area contributed by atoms with Crippen molar-refractivity contribution in [3.8, 4) is 0 Å². The van der Waals surface area contributed by atoms with Crippen LogP contribution in [-0.4, -0.2) is 22.8 Å². The number of hydrogen-bond donors (Lipinski definition) is 2. The molecule has 0 rings (SSSR count). The third-order valence-electron chi connectivity index (χ3n) is 2.58. The molecule has 0 aromatic heterocycles. The van der Waals surface area contributed by atoms with E-state index in [9.17, 15) is 4.79 Å². The van der Waals surface area contributed by atoms with Crippen LogP contribution < -0.4 is 0 Å². The highest BCUT2D eigenvalue weighted by molar-refractivity contribution is 5.66. The molecule has 0 aliphatic rings. The molecule has 0 aromatic carbocycles. The summed E-state index contributed by atoms with van der Waals surface area (Å²) in [7, 11) is 0. The van der Waals surface area contributed by atoms with Crippen molar-refractivity contribution in [2.24, 2.45) is 0 Å². The van der Waals surface area contributed by atoms with Gasteiger partial charge in [-0.05, 0) is 44.9 Å². The lowest BCUT2D eigenvalue weighted by atomic mass is 10.2. The van der Waals surface area contributed by atoms with Gasteiger partial charge in [-0.2, -0.15) is 0 Å². The summed E-state index contributed by atoms with van der Waals surface area (Å²) in [4.78, 5) is 10.3. The molecule has 0 spiro atoms. The van der Waals surface area contributed by atoms with Crippen molar-refractivity contribution in [3.05, 3.63) is 36.5 Å². The van der Waals surface area contributed by atoms with Gasteiger partial charge >= 0.3 is 5.97 Å². The van der Waals surface area contributed by atoms with Crippen LogP contribution in [0.4, 0.5) is 0 Å². The van der Waals surface area contributed by atoms with Gasteiger partial charge in [0.1, 0.15) is 0 Å². The number of aliphatic carboxylic acids is 1. The second kappa shape index (κ2) is 14.7. The molecule has 0 aromatic rings. The van der Waals surface area contributed by atoms with Crippen molar-refractivity contribution in [2.75, 3.05) is 6.61 Å². The molecule has 0 atom stereocenters. The standard InChI is InChI=1S/C16H26O3/c17-15-13-11-9-7-5-3-1-2-4-6-8-10-12-14-16(18)19/h1,3-4,6-7,9,17H,2,5,8,10-15H2,(H,18,19). The van der Waals surface area contributed by atoms with E-state index in [1.165, 1.54) is 0 Å². The highest BCUT2D eigenvalue weighted by Crippen LogP contribution is 2.01. The number of aliphatic hydroxyl groups is 1. The average Bonchev–Trinajstić information content (AvgIpc) is 2.39. The molecule has 0 bridgehead atoms. The zero-order valence-corrected chi connectivity index (χ0v) is 11.6. The third-order valence-corrected chi connectivity index (χ3v) is 2.58. The number of allylic oxidation sites excluding steroid dienone is 6. The van der Waals surface area contributed by atoms with Crippen molar-refractivity contribution < 1.29 is 15.0 Å². The molecule has 0 radical (unpaired) electrons. The van der Waals surface area contributed by atoms with E-state index in [-0.39, 0.29) is 13.0 Å². The smallest absolute Gasteiger partial charge is 0.303 e. The van der Waals surface area contributed by atoms with E-state index >= 15 is 0 Å². The summed E-state index contributed by atoms with van der Waals surface area (Å²) in [5.74, 6) is -0.709. The average molecular weight is 266 g/mol. The third kappa shape index (κ3) is 16.6. The Bertz CT molecular complexity index is 290. The van der Waals surface area contributed by atoms with Crippen LogP contribution in [0.3, 0.4) is 0 Å². The van der Waals surface area contributed by atoms with Crippen molar-refractivity contribution in [1.29, 1.82) is 0 Å². The number of hydrogen-bond acceptors (Lipinski definition) is 2. The van der Waals surface area contributed by atoms with E-state index in [0.29, 0.717) is 0 Å². The minimum atomic E-state index is -0.709. The zero-order valence-electron chi connectivity index (χ0n) is 11.6. The summed E-state index contributed by atoms with van der Waals surface area (Å²) >= 11 is 0. The normalized spacial score (nSPS) is 12.1. The lowest BCUT2D eigenvalue weighted by Crippen LogP contribution is -1.92. The van der Waals surface area contributed by atoms with Crippen LogP contribution in [0.15, 0.2) is 36.5 Å². The Hall–Kier alpha value is -1.35. The lowest BCUT2D eigenvalue weighted by molar-refractivity contribution is -0.137. The highest BCUT2D eigenvalue weighted by atomic mass is 16.4. The largest absolute Gasteiger partial charge is 0.481 e. The Kier molecular flexibility index (Phi) is 13.7. The maximum absolute atomic E-state index is 10.3. The predicted octanol–water partition coefficient (Wildman–Crippen LogP) is 3.85. The molecule has 0 aliphatic carbocycles. The van der Waals surface area contributed by atoms with Crippen molar-refractivity contribution in [2.45, 2.75) is 51.4 Å². The van der Waals surface area contributed by atoms with Crippen molar-refractivity contribution in [3.63, 3.8) is 0 Å². The Balaban J connectivity index is 3.32. The first-order valence-corrected chi connectivity index (χ1v) is 7.05. The van der Waals surface area contributed by atoms with Crippen LogP contribution >= 0.6 is 0 Å². The van der Waals surface area contributed by atoms with Gasteiger partial charge in [0.2, 0.25) is 0 Å². The second-order valence-electron chi connectivity index (χ2n) is 4.39. The van der Waals surface area contributed by atoms with E-state index in [4.69, 9.17) is 10.2 Å². The van der Waals surface area contributed by atoms with Gasteiger partial charge < -0.3 is 10.2 Å². The molecule has 3 heteroatoms. The maximum atomic E-state index is 10.3. The Morgan fingerprint density at radius 3 is 1.84 bits per heavy atom. The molecule has 0 saturated heterocycles. The number of unbranched alkanes of at least 4 members (excludes halogenated alkanes) is 3. The number of rotatable bonds is 12. The van der Waals surface area contributed by atoms with Crippen LogP contribution in [0.2, 0.25) is 0 Å². The molecule has 0 aliphatic heterocycles. The molecule has 2 N–H and O–H groups in total. The highest BCUT2D eigenvalue weighted by Gasteiger charge is 1.93. The summed E-state index contributed by atoms with van der Waals surface area (Å²) < 4.78 is 0. The van der Waals surface area contributed by atoms with Gasteiger partial charge in [0.05, 0.1) is 0 Å². The van der Waals surface area contributed by atoms with Gasteiger partial charge in [-0.25, -0.2) is 0 Å². The lowest BCUT2D eigenvalue weighted by Gasteiger charge is -1.92. The van der Waals surface area contributed by atoms with E-state index in [1.54, 1.807) is 0 Å². The molecular weight excluding hydrogens is 240 g/mol. The fourth-order valence-corrected chi connectivity index (χ4v) is 1.53. The predicted molar refractivity (Wildman–Crippen MR) is 79.1 cm³/mol. The molecule has 0 saturated carbocycles. The first kappa shape index (κ1) is 17.6. The van der Waals surface area contributed by atoms with Gasteiger partial charge in [0, 0.05) is 13.0 Å². The summed E-state index contributed by atoms with van der Waals surface area (Å²) in [6.07, 6.45) is 19.3. The molecular formula is C16H26O3. The monoisotopic (exact) mass is 266 g/mol. The Morgan fingerprint density at radius 1 is 0.789 bits per heavy atom. The number of aliphatic hydroxyl groups excluding tert-OH is 1. The van der Waals surface area contributed by atoms with Crippen molar-refractivity contribution >= 4 is 5.97 Å². The zero-order chi connectivity index (χ0) is 14.2. The molecule has 108 valence electrons. The van der Waals surface area contributed by atoms with E-state index in [0.717, 1.165) is 44.9 Å². The molecule has 0 unspecified atom stereocenters. The van der Waals surface area contributed by atoms with Gasteiger partial charge in [0.25, 0.3) is 0 Å². The second-order valence-corrected chi connectivity index (χ2v) is 4.39. The first-order chi connectivity index (χ1) is 9.27. The summed E-state index contributed by atoms with van der Waals surface area (Å²) in [6, 6.07) is 0. The summed E-state index contributed by atoms with van der Waals surface area (Å²) in [5, 5.41) is 17.0. The van der Waals surface area contributed by atoms with Gasteiger partial charge in [0.15, 0.2) is 0 Å². The van der Waals surface area contributed by atoms with Crippen LogP contribution in [0.5, 0.6) is 0 Å². The topological polar surface area (TPSA) is 57.5 Å². The first-order valence-electron chi connectivity index (χ1n) is 7.05. The minimum Gasteiger partial charge on any atom is -0.481 e. The fourth-order valence-electron chi connectivity index (χ4n) is 1.53. The minimum absolute atomic E-state index is 0.261. The number of carbonyl (C=O) groups is 1.